The molecule has 24 heavy (non-hydrogen) atoms. The second-order valence-corrected chi connectivity index (χ2v) is 6.52. The van der Waals surface area contributed by atoms with Crippen LogP contribution in [0.15, 0.2) is 0 Å². The van der Waals surface area contributed by atoms with E-state index in [1.54, 1.807) is 20.8 Å². The second kappa shape index (κ2) is 8.33. The Morgan fingerprint density at radius 3 is 2.58 bits per heavy atom. The third kappa shape index (κ3) is 4.17. The van der Waals surface area contributed by atoms with Gasteiger partial charge in [-0.3, -0.25) is 4.79 Å². The number of aromatic amines is 1. The summed E-state index contributed by atoms with van der Waals surface area (Å²) in [7, 11) is 2.12. The summed E-state index contributed by atoms with van der Waals surface area (Å²) >= 11 is 0. The molecular formula is C18H29N3O3. The Morgan fingerprint density at radius 2 is 1.96 bits per heavy atom. The van der Waals surface area contributed by atoms with Gasteiger partial charge in [0.05, 0.1) is 12.2 Å². The van der Waals surface area contributed by atoms with Crippen LogP contribution in [0.3, 0.4) is 0 Å². The van der Waals surface area contributed by atoms with Crippen LogP contribution in [0.5, 0.6) is 0 Å². The van der Waals surface area contributed by atoms with Gasteiger partial charge in [0.2, 0.25) is 0 Å². The number of likely N-dealkylation sites (N-methyl/N-ethyl adjacent to an activating group) is 1. The number of rotatable bonds is 7. The molecule has 1 aromatic rings. The Morgan fingerprint density at radius 1 is 1.29 bits per heavy atom. The zero-order chi connectivity index (χ0) is 17.7. The number of ether oxygens (including phenoxy) is 1. The van der Waals surface area contributed by atoms with Gasteiger partial charge in [0.25, 0.3) is 5.91 Å². The van der Waals surface area contributed by atoms with Gasteiger partial charge in [-0.2, -0.15) is 0 Å². The molecule has 1 amide bonds. The van der Waals surface area contributed by atoms with Gasteiger partial charge in [-0.1, -0.05) is 12.8 Å². The van der Waals surface area contributed by atoms with E-state index in [2.05, 4.69) is 22.2 Å². The minimum Gasteiger partial charge on any atom is -0.462 e. The van der Waals surface area contributed by atoms with Crippen LogP contribution in [0.2, 0.25) is 0 Å². The van der Waals surface area contributed by atoms with Crippen LogP contribution < -0.4 is 5.32 Å². The SMILES string of the molecule is CCOC(=O)c1c(C)[nH]c(C(=O)NCCN(C)C2CCCC2)c1C. The van der Waals surface area contributed by atoms with Crippen molar-refractivity contribution < 1.29 is 14.3 Å². The summed E-state index contributed by atoms with van der Waals surface area (Å²) in [5.74, 6) is -0.560. The van der Waals surface area contributed by atoms with Gasteiger partial charge >= 0.3 is 5.97 Å². The number of esters is 1. The average molecular weight is 335 g/mol. The summed E-state index contributed by atoms with van der Waals surface area (Å²) in [6.07, 6.45) is 5.11. The Labute approximate surface area is 143 Å². The minimum atomic E-state index is -0.385. The van der Waals surface area contributed by atoms with Gasteiger partial charge in [0.1, 0.15) is 5.69 Å². The smallest absolute Gasteiger partial charge is 0.340 e. The summed E-state index contributed by atoms with van der Waals surface area (Å²) < 4.78 is 5.05. The summed E-state index contributed by atoms with van der Waals surface area (Å²) in [6.45, 7) is 7.07. The highest BCUT2D eigenvalue weighted by Crippen LogP contribution is 2.22. The highest BCUT2D eigenvalue weighted by Gasteiger charge is 2.23. The topological polar surface area (TPSA) is 74.4 Å². The first kappa shape index (κ1) is 18.5. The molecule has 0 unspecified atom stereocenters. The number of nitrogens with zero attached hydrogens (tertiary/aromatic N) is 1. The number of aromatic nitrogens is 1. The van der Waals surface area contributed by atoms with E-state index in [4.69, 9.17) is 4.74 Å². The molecule has 6 nitrogen and oxygen atoms in total. The molecule has 1 aliphatic rings. The maximum Gasteiger partial charge on any atom is 0.340 e. The van der Waals surface area contributed by atoms with E-state index in [-0.39, 0.29) is 11.9 Å². The number of amides is 1. The molecule has 0 bridgehead atoms. The van der Waals surface area contributed by atoms with Gasteiger partial charge in [-0.05, 0) is 46.2 Å². The number of aryl methyl sites for hydroxylation is 1. The van der Waals surface area contributed by atoms with Crippen molar-refractivity contribution in [3.8, 4) is 0 Å². The maximum absolute atomic E-state index is 12.4. The number of nitrogens with one attached hydrogen (secondary N) is 2. The molecule has 0 spiro atoms. The van der Waals surface area contributed by atoms with Gasteiger partial charge in [0.15, 0.2) is 0 Å². The van der Waals surface area contributed by atoms with E-state index in [9.17, 15) is 9.59 Å². The van der Waals surface area contributed by atoms with E-state index in [0.29, 0.717) is 41.7 Å². The summed E-state index contributed by atoms with van der Waals surface area (Å²) in [6, 6.07) is 0.645. The van der Waals surface area contributed by atoms with Gasteiger partial charge in [-0.25, -0.2) is 4.79 Å². The zero-order valence-corrected chi connectivity index (χ0v) is 15.2. The third-order valence-corrected chi connectivity index (χ3v) is 4.84. The molecule has 134 valence electrons. The van der Waals surface area contributed by atoms with Crippen molar-refractivity contribution in [2.45, 2.75) is 52.5 Å². The van der Waals surface area contributed by atoms with Crippen LogP contribution in [-0.4, -0.2) is 54.5 Å². The monoisotopic (exact) mass is 335 g/mol. The molecule has 1 aliphatic carbocycles. The molecule has 0 saturated heterocycles. The first-order valence-electron chi connectivity index (χ1n) is 8.80. The molecule has 1 fully saturated rings. The van der Waals surface area contributed by atoms with E-state index in [1.165, 1.54) is 25.7 Å². The van der Waals surface area contributed by atoms with Crippen molar-refractivity contribution in [1.82, 2.24) is 15.2 Å². The predicted octanol–water partition coefficient (Wildman–Crippen LogP) is 2.41. The molecule has 1 saturated carbocycles. The summed E-state index contributed by atoms with van der Waals surface area (Å²) in [5.41, 5.74) is 2.22. The Kier molecular flexibility index (Phi) is 6.43. The third-order valence-electron chi connectivity index (χ3n) is 4.84. The summed E-state index contributed by atoms with van der Waals surface area (Å²) in [5, 5.41) is 2.94. The molecular weight excluding hydrogens is 306 g/mol. The highest BCUT2D eigenvalue weighted by atomic mass is 16.5. The van der Waals surface area contributed by atoms with Crippen LogP contribution in [-0.2, 0) is 4.74 Å². The molecule has 1 heterocycles. The fourth-order valence-corrected chi connectivity index (χ4v) is 3.45. The fourth-order valence-electron chi connectivity index (χ4n) is 3.45. The van der Waals surface area contributed by atoms with Crippen molar-refractivity contribution in [2.75, 3.05) is 26.7 Å². The van der Waals surface area contributed by atoms with Crippen molar-refractivity contribution >= 4 is 11.9 Å². The number of H-pyrrole nitrogens is 1. The molecule has 0 atom stereocenters. The van der Waals surface area contributed by atoms with E-state index in [1.807, 2.05) is 0 Å². The van der Waals surface area contributed by atoms with Crippen molar-refractivity contribution in [1.29, 1.82) is 0 Å². The molecule has 0 aromatic carbocycles. The quantitative estimate of drug-likeness (QED) is 0.751. The predicted molar refractivity (Wildman–Crippen MR) is 93.4 cm³/mol. The Hall–Kier alpha value is -1.82. The Bertz CT molecular complexity index is 589. The minimum absolute atomic E-state index is 0.175. The van der Waals surface area contributed by atoms with Crippen LogP contribution in [0.4, 0.5) is 0 Å². The maximum atomic E-state index is 12.4. The lowest BCUT2D eigenvalue weighted by Crippen LogP contribution is -2.37. The molecule has 2 N–H and O–H groups in total. The van der Waals surface area contributed by atoms with Crippen molar-refractivity contribution in [2.24, 2.45) is 0 Å². The standard InChI is InChI=1S/C18H29N3O3/c1-5-24-18(23)15-12(2)16(20-13(15)3)17(22)19-10-11-21(4)14-8-6-7-9-14/h14,20H,5-11H2,1-4H3,(H,19,22). The average Bonchev–Trinajstić information content (AvgIpc) is 3.15. The largest absolute Gasteiger partial charge is 0.462 e. The molecule has 2 rings (SSSR count). The molecule has 0 radical (unpaired) electrons. The highest BCUT2D eigenvalue weighted by molar-refractivity contribution is 6.00. The number of hydrogen-bond donors (Lipinski definition) is 2. The lowest BCUT2D eigenvalue weighted by Gasteiger charge is -2.23. The van der Waals surface area contributed by atoms with Crippen LogP contribution in [0.25, 0.3) is 0 Å². The summed E-state index contributed by atoms with van der Waals surface area (Å²) in [4.78, 5) is 29.7. The first-order valence-corrected chi connectivity index (χ1v) is 8.80. The zero-order valence-electron chi connectivity index (χ0n) is 15.2. The normalized spacial score (nSPS) is 15.0. The Balaban J connectivity index is 1.92. The lowest BCUT2D eigenvalue weighted by molar-refractivity contribution is 0.0525. The van der Waals surface area contributed by atoms with Crippen molar-refractivity contribution in [3.63, 3.8) is 0 Å². The first-order chi connectivity index (χ1) is 11.5. The van der Waals surface area contributed by atoms with Gasteiger partial charge in [0, 0.05) is 24.8 Å². The van der Waals surface area contributed by atoms with Gasteiger partial charge in [-0.15, -0.1) is 0 Å². The number of carbonyl (C=O) groups excluding carboxylic acids is 2. The molecule has 0 aliphatic heterocycles. The lowest BCUT2D eigenvalue weighted by atomic mass is 10.1. The molecule has 1 aromatic heterocycles. The van der Waals surface area contributed by atoms with Crippen LogP contribution >= 0.6 is 0 Å². The van der Waals surface area contributed by atoms with Crippen LogP contribution in [0, 0.1) is 13.8 Å². The van der Waals surface area contributed by atoms with Gasteiger partial charge < -0.3 is 19.9 Å². The van der Waals surface area contributed by atoms with E-state index >= 15 is 0 Å². The second-order valence-electron chi connectivity index (χ2n) is 6.52. The van der Waals surface area contributed by atoms with E-state index < -0.39 is 0 Å². The molecule has 6 heteroatoms. The number of carbonyl (C=O) groups is 2. The van der Waals surface area contributed by atoms with Crippen LogP contribution in [0.1, 0.15) is 64.7 Å². The number of hydrogen-bond acceptors (Lipinski definition) is 4. The van der Waals surface area contributed by atoms with Crippen molar-refractivity contribution in [3.05, 3.63) is 22.5 Å². The van der Waals surface area contributed by atoms with E-state index in [0.717, 1.165) is 6.54 Å². The fraction of sp³-hybridized carbons (Fsp3) is 0.667.